The Bertz CT molecular complexity index is 962. The zero-order valence-corrected chi connectivity index (χ0v) is 19.5. The maximum Gasteiger partial charge on any atom is 0.174 e. The molecule has 156 valence electrons. The maximum absolute atomic E-state index is 5.82. The topological polar surface area (TPSA) is 33.7 Å². The van der Waals surface area contributed by atoms with Crippen molar-refractivity contribution >= 4 is 38.9 Å². The van der Waals surface area contributed by atoms with Crippen molar-refractivity contribution in [2.75, 3.05) is 19.0 Å². The summed E-state index contributed by atoms with van der Waals surface area (Å²) in [5.41, 5.74) is 3.18. The van der Waals surface area contributed by atoms with Gasteiger partial charge in [0.1, 0.15) is 11.5 Å². The monoisotopic (exact) mass is 484 g/mol. The van der Waals surface area contributed by atoms with Gasteiger partial charge >= 0.3 is 0 Å². The summed E-state index contributed by atoms with van der Waals surface area (Å²) >= 11 is 9.25. The highest BCUT2D eigenvalue weighted by molar-refractivity contribution is 9.10. The first-order valence-corrected chi connectivity index (χ1v) is 10.9. The molecule has 0 aliphatic rings. The molecule has 0 saturated heterocycles. The quantitative estimate of drug-likeness (QED) is 0.381. The summed E-state index contributed by atoms with van der Waals surface area (Å²) in [7, 11) is 1.67. The molecule has 0 amide bonds. The minimum absolute atomic E-state index is 0.622. The van der Waals surface area contributed by atoms with Crippen LogP contribution < -0.4 is 14.8 Å². The van der Waals surface area contributed by atoms with Crippen LogP contribution >= 0.6 is 28.1 Å². The number of halogens is 1. The van der Waals surface area contributed by atoms with Gasteiger partial charge in [0.2, 0.25) is 0 Å². The van der Waals surface area contributed by atoms with Crippen molar-refractivity contribution < 1.29 is 9.47 Å². The molecule has 0 bridgehead atoms. The van der Waals surface area contributed by atoms with Crippen LogP contribution in [0.4, 0.5) is 5.69 Å². The van der Waals surface area contributed by atoms with E-state index in [0.29, 0.717) is 24.8 Å². The molecule has 0 aliphatic heterocycles. The van der Waals surface area contributed by atoms with Crippen molar-refractivity contribution in [3.8, 4) is 11.5 Å². The van der Waals surface area contributed by atoms with Crippen molar-refractivity contribution in [3.05, 3.63) is 88.4 Å². The molecule has 0 unspecified atom stereocenters. The van der Waals surface area contributed by atoms with Crippen LogP contribution in [0.15, 0.2) is 77.3 Å². The van der Waals surface area contributed by atoms with Crippen molar-refractivity contribution in [2.45, 2.75) is 20.0 Å². The number of hydrogen-bond acceptors (Lipinski definition) is 3. The van der Waals surface area contributed by atoms with Crippen LogP contribution in [0.25, 0.3) is 0 Å². The fourth-order valence-electron chi connectivity index (χ4n) is 3.02. The van der Waals surface area contributed by atoms with Gasteiger partial charge in [-0.1, -0.05) is 46.3 Å². The summed E-state index contributed by atoms with van der Waals surface area (Å²) in [6, 6.07) is 24.1. The number of para-hydroxylation sites is 1. The Morgan fingerprint density at radius 1 is 0.967 bits per heavy atom. The molecular weight excluding hydrogens is 460 g/mol. The first-order chi connectivity index (χ1) is 14.6. The Labute approximate surface area is 191 Å². The molecule has 0 radical (unpaired) electrons. The number of benzene rings is 3. The molecule has 1 N–H and O–H groups in total. The third-order valence-corrected chi connectivity index (χ3v) is 5.44. The Hall–Kier alpha value is -2.57. The summed E-state index contributed by atoms with van der Waals surface area (Å²) in [5, 5.41) is 4.01. The van der Waals surface area contributed by atoms with Gasteiger partial charge in [0, 0.05) is 28.8 Å². The second-order valence-corrected chi connectivity index (χ2v) is 7.98. The van der Waals surface area contributed by atoms with E-state index in [2.05, 4.69) is 44.3 Å². The molecular formula is C24H25BrN2O2S. The standard InChI is InChI=1S/C24H25BrN2O2S/c1-3-29-23-7-5-4-6-19(23)17-27(16-18-8-14-22(28-2)15-9-18)24(30)26-21-12-10-20(25)11-13-21/h4-15H,3,16-17H2,1-2H3,(H,26,30). The lowest BCUT2D eigenvalue weighted by molar-refractivity contribution is 0.327. The van der Waals surface area contributed by atoms with Crippen LogP contribution in [0.2, 0.25) is 0 Å². The molecule has 3 aromatic carbocycles. The number of methoxy groups -OCH3 is 1. The smallest absolute Gasteiger partial charge is 0.174 e. The molecule has 4 nitrogen and oxygen atoms in total. The normalized spacial score (nSPS) is 10.4. The van der Waals surface area contributed by atoms with Crippen molar-refractivity contribution in [1.82, 2.24) is 4.90 Å². The lowest BCUT2D eigenvalue weighted by Gasteiger charge is -2.27. The van der Waals surface area contributed by atoms with E-state index in [9.17, 15) is 0 Å². The van der Waals surface area contributed by atoms with Gasteiger partial charge in [-0.15, -0.1) is 0 Å². The molecule has 0 heterocycles. The summed E-state index contributed by atoms with van der Waals surface area (Å²) in [6.45, 7) is 3.90. The zero-order chi connectivity index (χ0) is 21.3. The average Bonchev–Trinajstić information content (AvgIpc) is 2.77. The Morgan fingerprint density at radius 3 is 2.33 bits per heavy atom. The second-order valence-electron chi connectivity index (χ2n) is 6.68. The number of rotatable bonds is 8. The number of nitrogens with one attached hydrogen (secondary N) is 1. The number of ether oxygens (including phenoxy) is 2. The molecule has 0 fully saturated rings. The van der Waals surface area contributed by atoms with E-state index < -0.39 is 0 Å². The number of hydrogen-bond donors (Lipinski definition) is 1. The van der Waals surface area contributed by atoms with E-state index in [-0.39, 0.29) is 0 Å². The highest BCUT2D eigenvalue weighted by Gasteiger charge is 2.14. The first-order valence-electron chi connectivity index (χ1n) is 9.74. The number of nitrogens with zero attached hydrogens (tertiary/aromatic N) is 1. The van der Waals surface area contributed by atoms with Crippen LogP contribution in [0.3, 0.4) is 0 Å². The van der Waals surface area contributed by atoms with E-state index in [4.69, 9.17) is 21.7 Å². The van der Waals surface area contributed by atoms with E-state index in [1.54, 1.807) is 7.11 Å². The zero-order valence-electron chi connectivity index (χ0n) is 17.1. The third kappa shape index (κ3) is 6.21. The van der Waals surface area contributed by atoms with Gasteiger partial charge in [-0.25, -0.2) is 0 Å². The van der Waals surface area contributed by atoms with Crippen LogP contribution in [0.1, 0.15) is 18.1 Å². The minimum Gasteiger partial charge on any atom is -0.497 e. The van der Waals surface area contributed by atoms with Gasteiger partial charge in [-0.2, -0.15) is 0 Å². The predicted molar refractivity (Wildman–Crippen MR) is 130 cm³/mol. The van der Waals surface area contributed by atoms with Gasteiger partial charge in [0.05, 0.1) is 13.7 Å². The van der Waals surface area contributed by atoms with Crippen molar-refractivity contribution in [1.29, 1.82) is 0 Å². The van der Waals surface area contributed by atoms with Crippen LogP contribution in [-0.2, 0) is 13.1 Å². The molecule has 3 rings (SSSR count). The molecule has 3 aromatic rings. The molecule has 0 atom stereocenters. The fourth-order valence-corrected chi connectivity index (χ4v) is 3.53. The number of anilines is 1. The van der Waals surface area contributed by atoms with Crippen LogP contribution in [-0.4, -0.2) is 23.7 Å². The van der Waals surface area contributed by atoms with Gasteiger partial charge in [-0.3, -0.25) is 0 Å². The summed E-state index contributed by atoms with van der Waals surface area (Å²) < 4.78 is 12.1. The predicted octanol–water partition coefficient (Wildman–Crippen LogP) is 6.26. The SMILES string of the molecule is CCOc1ccccc1CN(Cc1ccc(OC)cc1)C(=S)Nc1ccc(Br)cc1. The molecule has 0 saturated carbocycles. The lowest BCUT2D eigenvalue weighted by atomic mass is 10.1. The fraction of sp³-hybridized carbons (Fsp3) is 0.208. The summed E-state index contributed by atoms with van der Waals surface area (Å²) in [4.78, 5) is 2.14. The molecule has 0 aliphatic carbocycles. The van der Waals surface area contributed by atoms with Crippen molar-refractivity contribution in [2.24, 2.45) is 0 Å². The Balaban J connectivity index is 1.83. The van der Waals surface area contributed by atoms with Gasteiger partial charge in [0.25, 0.3) is 0 Å². The second kappa shape index (κ2) is 11.0. The van der Waals surface area contributed by atoms with Gasteiger partial charge < -0.3 is 19.7 Å². The summed E-state index contributed by atoms with van der Waals surface area (Å²) in [5.74, 6) is 1.72. The van der Waals surface area contributed by atoms with E-state index in [0.717, 1.165) is 32.8 Å². The largest absolute Gasteiger partial charge is 0.497 e. The molecule has 6 heteroatoms. The molecule has 0 aromatic heterocycles. The molecule has 30 heavy (non-hydrogen) atoms. The van der Waals surface area contributed by atoms with E-state index >= 15 is 0 Å². The summed E-state index contributed by atoms with van der Waals surface area (Å²) in [6.07, 6.45) is 0. The Morgan fingerprint density at radius 2 is 1.67 bits per heavy atom. The lowest BCUT2D eigenvalue weighted by Crippen LogP contribution is -2.34. The number of thiocarbonyl (C=S) groups is 1. The molecule has 0 spiro atoms. The van der Waals surface area contributed by atoms with Gasteiger partial charge in [-0.05, 0) is 67.2 Å². The minimum atomic E-state index is 0.622. The average molecular weight is 485 g/mol. The highest BCUT2D eigenvalue weighted by atomic mass is 79.9. The van der Waals surface area contributed by atoms with Crippen LogP contribution in [0.5, 0.6) is 11.5 Å². The first kappa shape index (κ1) is 22.1. The highest BCUT2D eigenvalue weighted by Crippen LogP contribution is 2.23. The van der Waals surface area contributed by atoms with E-state index in [1.165, 1.54) is 0 Å². The maximum atomic E-state index is 5.82. The Kier molecular flexibility index (Phi) is 8.11. The van der Waals surface area contributed by atoms with Crippen LogP contribution in [0, 0.1) is 0 Å². The third-order valence-electron chi connectivity index (χ3n) is 4.55. The van der Waals surface area contributed by atoms with E-state index in [1.807, 2.05) is 61.5 Å². The van der Waals surface area contributed by atoms with Gasteiger partial charge in [0.15, 0.2) is 5.11 Å². The van der Waals surface area contributed by atoms with Crippen molar-refractivity contribution in [3.63, 3.8) is 0 Å².